The molecule has 1 aromatic carbocycles. The highest BCUT2D eigenvalue weighted by atomic mass is 79.9. The maximum absolute atomic E-state index is 12.2. The van der Waals surface area contributed by atoms with Gasteiger partial charge in [-0.25, -0.2) is 0 Å². The molecule has 2 aromatic rings. The van der Waals surface area contributed by atoms with Crippen LogP contribution in [0.1, 0.15) is 28.6 Å². The Bertz CT molecular complexity index is 695. The van der Waals surface area contributed by atoms with E-state index >= 15 is 0 Å². The fraction of sp³-hybridized carbons (Fsp3) is 0.250. The zero-order chi connectivity index (χ0) is 16.3. The molecule has 0 aliphatic rings. The second-order valence-corrected chi connectivity index (χ2v) is 6.03. The van der Waals surface area contributed by atoms with Crippen LogP contribution in [0.5, 0.6) is 0 Å². The van der Waals surface area contributed by atoms with E-state index in [2.05, 4.69) is 21.2 Å². The summed E-state index contributed by atoms with van der Waals surface area (Å²) in [7, 11) is 0. The molecule has 2 rings (SSSR count). The van der Waals surface area contributed by atoms with Crippen molar-refractivity contribution in [1.29, 1.82) is 0 Å². The monoisotopic (exact) mass is 365 g/mol. The molecule has 0 fully saturated rings. The lowest BCUT2D eigenvalue weighted by Gasteiger charge is -2.25. The lowest BCUT2D eigenvalue weighted by molar-refractivity contribution is -0.142. The zero-order valence-corrected chi connectivity index (χ0v) is 13.8. The number of carboxylic acid groups (broad SMARTS) is 1. The van der Waals surface area contributed by atoms with Gasteiger partial charge in [-0.2, -0.15) is 0 Å². The van der Waals surface area contributed by atoms with Crippen molar-refractivity contribution in [2.45, 2.75) is 19.3 Å². The number of benzene rings is 1. The quantitative estimate of drug-likeness (QED) is 0.852. The van der Waals surface area contributed by atoms with Gasteiger partial charge >= 0.3 is 5.97 Å². The van der Waals surface area contributed by atoms with Crippen molar-refractivity contribution in [3.05, 3.63) is 58.0 Å². The van der Waals surface area contributed by atoms with Crippen LogP contribution in [0.4, 0.5) is 0 Å². The van der Waals surface area contributed by atoms with Crippen LogP contribution in [0, 0.1) is 6.92 Å². The maximum Gasteiger partial charge on any atom is 0.315 e. The largest absolute Gasteiger partial charge is 0.481 e. The van der Waals surface area contributed by atoms with Crippen LogP contribution in [0.25, 0.3) is 0 Å². The molecule has 1 aromatic heterocycles. The number of aryl methyl sites for hydroxylation is 1. The van der Waals surface area contributed by atoms with Crippen molar-refractivity contribution < 1.29 is 19.1 Å². The van der Waals surface area contributed by atoms with E-state index in [9.17, 15) is 14.7 Å². The van der Waals surface area contributed by atoms with Gasteiger partial charge in [-0.15, -0.1) is 0 Å². The molecule has 2 N–H and O–H groups in total. The highest BCUT2D eigenvalue weighted by Gasteiger charge is 2.36. The van der Waals surface area contributed by atoms with Crippen molar-refractivity contribution in [3.8, 4) is 0 Å². The van der Waals surface area contributed by atoms with E-state index in [4.69, 9.17) is 4.42 Å². The molecule has 0 radical (unpaired) electrons. The second kappa shape index (κ2) is 6.36. The van der Waals surface area contributed by atoms with Gasteiger partial charge in [-0.3, -0.25) is 9.59 Å². The molecule has 0 spiro atoms. The summed E-state index contributed by atoms with van der Waals surface area (Å²) in [6, 6.07) is 10.5. The van der Waals surface area contributed by atoms with E-state index in [1.165, 1.54) is 0 Å². The van der Waals surface area contributed by atoms with Gasteiger partial charge in [0.1, 0.15) is 5.41 Å². The number of rotatable bonds is 5. The summed E-state index contributed by atoms with van der Waals surface area (Å²) in [5, 5.41) is 12.2. The van der Waals surface area contributed by atoms with Crippen LogP contribution >= 0.6 is 15.9 Å². The summed E-state index contributed by atoms with van der Waals surface area (Å²) < 4.78 is 5.72. The number of hydrogen-bond acceptors (Lipinski definition) is 3. The van der Waals surface area contributed by atoms with Crippen LogP contribution in [-0.2, 0) is 10.2 Å². The third-order valence-electron chi connectivity index (χ3n) is 3.58. The number of halogens is 1. The van der Waals surface area contributed by atoms with Gasteiger partial charge < -0.3 is 14.8 Å². The topological polar surface area (TPSA) is 79.5 Å². The highest BCUT2D eigenvalue weighted by Crippen LogP contribution is 2.24. The van der Waals surface area contributed by atoms with Gasteiger partial charge in [-0.1, -0.05) is 30.3 Å². The molecule has 22 heavy (non-hydrogen) atoms. The Morgan fingerprint density at radius 2 is 1.95 bits per heavy atom. The van der Waals surface area contributed by atoms with E-state index in [0.29, 0.717) is 15.8 Å². The number of amides is 1. The van der Waals surface area contributed by atoms with E-state index in [-0.39, 0.29) is 12.3 Å². The molecule has 116 valence electrons. The summed E-state index contributed by atoms with van der Waals surface area (Å²) in [4.78, 5) is 23.8. The van der Waals surface area contributed by atoms with Crippen molar-refractivity contribution >= 4 is 27.8 Å². The summed E-state index contributed by atoms with van der Waals surface area (Å²) in [5.74, 6) is -1.27. The van der Waals surface area contributed by atoms with E-state index in [1.54, 1.807) is 44.2 Å². The van der Waals surface area contributed by atoms with Crippen molar-refractivity contribution in [2.24, 2.45) is 0 Å². The van der Waals surface area contributed by atoms with Gasteiger partial charge in [-0.05, 0) is 41.4 Å². The number of carbonyl (C=O) groups is 2. The summed E-state index contributed by atoms with van der Waals surface area (Å²) in [5.41, 5.74) is 0.0931. The molecule has 1 heterocycles. The second-order valence-electron chi connectivity index (χ2n) is 5.25. The van der Waals surface area contributed by atoms with E-state index in [1.807, 2.05) is 6.07 Å². The summed E-state index contributed by atoms with van der Waals surface area (Å²) in [6.45, 7) is 3.29. The fourth-order valence-electron chi connectivity index (χ4n) is 2.11. The smallest absolute Gasteiger partial charge is 0.315 e. The third-order valence-corrected chi connectivity index (χ3v) is 3.97. The van der Waals surface area contributed by atoms with Gasteiger partial charge in [0.2, 0.25) is 0 Å². The van der Waals surface area contributed by atoms with Gasteiger partial charge in [0.15, 0.2) is 10.4 Å². The third kappa shape index (κ3) is 3.22. The van der Waals surface area contributed by atoms with Crippen LogP contribution in [0.3, 0.4) is 0 Å². The lowest BCUT2D eigenvalue weighted by atomic mass is 9.82. The first-order valence-corrected chi connectivity index (χ1v) is 7.47. The van der Waals surface area contributed by atoms with Crippen LogP contribution in [0.15, 0.2) is 45.5 Å². The molecule has 5 nitrogen and oxygen atoms in total. The number of carbonyl (C=O) groups excluding carboxylic acids is 1. The number of carboxylic acids is 1. The minimum absolute atomic E-state index is 0.0388. The van der Waals surface area contributed by atoms with Crippen molar-refractivity contribution in [3.63, 3.8) is 0 Å². The predicted octanol–water partition coefficient (Wildman–Crippen LogP) is 3.12. The molecular formula is C16H16BrNO4. The Kier molecular flexibility index (Phi) is 4.71. The van der Waals surface area contributed by atoms with Gasteiger partial charge in [0.25, 0.3) is 5.91 Å². The average Bonchev–Trinajstić information content (AvgIpc) is 2.84. The van der Waals surface area contributed by atoms with Crippen molar-refractivity contribution in [1.82, 2.24) is 5.32 Å². The van der Waals surface area contributed by atoms with Crippen molar-refractivity contribution in [2.75, 3.05) is 6.54 Å². The Morgan fingerprint density at radius 3 is 2.45 bits per heavy atom. The van der Waals surface area contributed by atoms with E-state index in [0.717, 1.165) is 0 Å². The first kappa shape index (κ1) is 16.3. The average molecular weight is 366 g/mol. The molecule has 0 aliphatic heterocycles. The Morgan fingerprint density at radius 1 is 1.32 bits per heavy atom. The molecule has 0 aliphatic carbocycles. The molecule has 1 amide bonds. The SMILES string of the molecule is Cc1cc(Br)oc1C(=O)NCC(C)(C(=O)O)c1ccccc1. The molecule has 0 bridgehead atoms. The first-order chi connectivity index (χ1) is 10.3. The molecule has 6 heteroatoms. The molecule has 1 unspecified atom stereocenters. The molecule has 1 atom stereocenters. The highest BCUT2D eigenvalue weighted by molar-refractivity contribution is 9.10. The van der Waals surface area contributed by atoms with Crippen LogP contribution in [0.2, 0.25) is 0 Å². The standard InChI is InChI=1S/C16H16BrNO4/c1-10-8-12(17)22-13(10)14(19)18-9-16(2,15(20)21)11-6-4-3-5-7-11/h3-8H,9H2,1-2H3,(H,18,19)(H,20,21). The van der Waals surface area contributed by atoms with Crippen LogP contribution in [-0.4, -0.2) is 23.5 Å². The summed E-state index contributed by atoms with van der Waals surface area (Å²) >= 11 is 3.16. The molecule has 0 saturated carbocycles. The normalized spacial score (nSPS) is 13.4. The number of aliphatic carboxylic acids is 1. The fourth-order valence-corrected chi connectivity index (χ4v) is 2.62. The van der Waals surface area contributed by atoms with E-state index < -0.39 is 17.3 Å². The van der Waals surface area contributed by atoms with Crippen LogP contribution < -0.4 is 5.32 Å². The minimum Gasteiger partial charge on any atom is -0.481 e. The van der Waals surface area contributed by atoms with Gasteiger partial charge in [0.05, 0.1) is 0 Å². The predicted molar refractivity (Wildman–Crippen MR) is 84.9 cm³/mol. The molecule has 0 saturated heterocycles. The van der Waals surface area contributed by atoms with Gasteiger partial charge in [0, 0.05) is 12.1 Å². The summed E-state index contributed by atoms with van der Waals surface area (Å²) in [6.07, 6.45) is 0. The Balaban J connectivity index is 2.18. The number of nitrogens with one attached hydrogen (secondary N) is 1. The molecular weight excluding hydrogens is 350 g/mol. The first-order valence-electron chi connectivity index (χ1n) is 6.67. The Hall–Kier alpha value is -2.08. The zero-order valence-electron chi connectivity index (χ0n) is 12.2. The Labute approximate surface area is 136 Å². The maximum atomic E-state index is 12.2. The number of hydrogen-bond donors (Lipinski definition) is 2. The minimum atomic E-state index is -1.21. The number of furan rings is 1. The lowest BCUT2D eigenvalue weighted by Crippen LogP contribution is -2.44.